The minimum atomic E-state index is -0.883. The fraction of sp³-hybridized carbons (Fsp3) is 0.333. The molecule has 1 N–H and O–H groups in total. The second kappa shape index (κ2) is 5.46. The van der Waals surface area contributed by atoms with Crippen molar-refractivity contribution < 1.29 is 14.6 Å². The molecule has 5 heteroatoms. The number of carbonyl (C=O) groups is 1. The highest BCUT2D eigenvalue weighted by molar-refractivity contribution is 5.84. The van der Waals surface area contributed by atoms with Crippen LogP contribution in [0.5, 0.6) is 0 Å². The van der Waals surface area contributed by atoms with Crippen LogP contribution in [0.2, 0.25) is 0 Å². The zero-order valence-electron chi connectivity index (χ0n) is 11.0. The highest BCUT2D eigenvalue weighted by Gasteiger charge is 2.27. The summed E-state index contributed by atoms with van der Waals surface area (Å²) in [5.74, 6) is 0. The average Bonchev–Trinajstić information content (AvgIpc) is 2.48. The zero-order chi connectivity index (χ0) is 13.9. The summed E-state index contributed by atoms with van der Waals surface area (Å²) in [6, 6.07) is 7.87. The number of ether oxygens (including phenoxy) is 1. The molecule has 0 spiro atoms. The molecule has 1 unspecified atom stereocenters. The molecule has 1 atom stereocenters. The Morgan fingerprint density at radius 2 is 2.25 bits per heavy atom. The number of hydrogen-bond acceptors (Lipinski definition) is 3. The van der Waals surface area contributed by atoms with Crippen LogP contribution in [0.3, 0.4) is 0 Å². The van der Waals surface area contributed by atoms with Gasteiger partial charge in [-0.2, -0.15) is 0 Å². The molecule has 20 heavy (non-hydrogen) atoms. The Balaban J connectivity index is 1.90. The molecule has 0 radical (unpaired) electrons. The quantitative estimate of drug-likeness (QED) is 0.910. The van der Waals surface area contributed by atoms with E-state index >= 15 is 0 Å². The first-order chi connectivity index (χ1) is 9.75. The van der Waals surface area contributed by atoms with Gasteiger partial charge in [0.05, 0.1) is 19.3 Å². The van der Waals surface area contributed by atoms with Gasteiger partial charge in [0.1, 0.15) is 0 Å². The van der Waals surface area contributed by atoms with Gasteiger partial charge in [-0.15, -0.1) is 0 Å². The lowest BCUT2D eigenvalue weighted by atomic mass is 10.0. The van der Waals surface area contributed by atoms with E-state index in [4.69, 9.17) is 4.74 Å². The topological polar surface area (TPSA) is 62.7 Å². The van der Waals surface area contributed by atoms with Crippen LogP contribution in [0.4, 0.5) is 4.79 Å². The monoisotopic (exact) mass is 272 g/mol. The molecule has 1 aliphatic rings. The van der Waals surface area contributed by atoms with Crippen LogP contribution in [0.15, 0.2) is 36.7 Å². The first kappa shape index (κ1) is 12.9. The fourth-order valence-electron chi connectivity index (χ4n) is 2.67. The second-order valence-electron chi connectivity index (χ2n) is 4.93. The van der Waals surface area contributed by atoms with Crippen LogP contribution in [0.25, 0.3) is 10.8 Å². The largest absolute Gasteiger partial charge is 0.465 e. The Hall–Kier alpha value is -2.14. The first-order valence-corrected chi connectivity index (χ1v) is 6.64. The molecule has 1 aromatic heterocycles. The standard InChI is InChI=1S/C15H16N2O3/c18-15(19)17-5-6-20-10-13(17)7-12-9-16-8-11-3-1-2-4-14(11)12/h1-4,8-9,13H,5-7,10H2,(H,18,19). The lowest BCUT2D eigenvalue weighted by Crippen LogP contribution is -2.49. The SMILES string of the molecule is O=C(O)N1CCOCC1Cc1cncc2ccccc12. The van der Waals surface area contributed by atoms with E-state index in [0.717, 1.165) is 16.3 Å². The van der Waals surface area contributed by atoms with E-state index in [1.807, 2.05) is 36.7 Å². The average molecular weight is 272 g/mol. The Labute approximate surface area is 116 Å². The summed E-state index contributed by atoms with van der Waals surface area (Å²) in [4.78, 5) is 17.0. The molecule has 2 heterocycles. The van der Waals surface area contributed by atoms with Crippen molar-refractivity contribution in [2.75, 3.05) is 19.8 Å². The van der Waals surface area contributed by atoms with Crippen molar-refractivity contribution in [3.63, 3.8) is 0 Å². The van der Waals surface area contributed by atoms with Crippen molar-refractivity contribution >= 4 is 16.9 Å². The number of nitrogens with zero attached hydrogens (tertiary/aromatic N) is 2. The number of morpholine rings is 1. The van der Waals surface area contributed by atoms with E-state index in [0.29, 0.717) is 26.2 Å². The summed E-state index contributed by atoms with van der Waals surface area (Å²) in [6.07, 6.45) is 3.38. The summed E-state index contributed by atoms with van der Waals surface area (Å²) in [5.41, 5.74) is 1.06. The maximum atomic E-state index is 11.3. The molecular formula is C15H16N2O3. The van der Waals surface area contributed by atoms with Crippen LogP contribution < -0.4 is 0 Å². The van der Waals surface area contributed by atoms with Gasteiger partial charge in [0, 0.05) is 24.3 Å². The van der Waals surface area contributed by atoms with Gasteiger partial charge in [0.2, 0.25) is 0 Å². The smallest absolute Gasteiger partial charge is 0.407 e. The maximum Gasteiger partial charge on any atom is 0.407 e. The van der Waals surface area contributed by atoms with Crippen LogP contribution in [0, 0.1) is 0 Å². The van der Waals surface area contributed by atoms with Crippen LogP contribution >= 0.6 is 0 Å². The lowest BCUT2D eigenvalue weighted by molar-refractivity contribution is 0.000362. The third-order valence-corrected chi connectivity index (χ3v) is 3.68. The van der Waals surface area contributed by atoms with Crippen LogP contribution in [-0.2, 0) is 11.2 Å². The normalized spacial score (nSPS) is 19.2. The molecule has 0 aliphatic carbocycles. The molecular weight excluding hydrogens is 256 g/mol. The van der Waals surface area contributed by atoms with Gasteiger partial charge < -0.3 is 14.7 Å². The van der Waals surface area contributed by atoms with E-state index in [-0.39, 0.29) is 6.04 Å². The summed E-state index contributed by atoms with van der Waals surface area (Å²) in [5, 5.41) is 11.5. The van der Waals surface area contributed by atoms with Gasteiger partial charge in [-0.1, -0.05) is 24.3 Å². The number of carboxylic acid groups (broad SMARTS) is 1. The highest BCUT2D eigenvalue weighted by Crippen LogP contribution is 2.21. The lowest BCUT2D eigenvalue weighted by Gasteiger charge is -2.33. The predicted octanol–water partition coefficient (Wildman–Crippen LogP) is 2.16. The third kappa shape index (κ3) is 2.44. The number of amides is 1. The Bertz CT molecular complexity index is 624. The number of pyridine rings is 1. The molecule has 5 nitrogen and oxygen atoms in total. The Morgan fingerprint density at radius 1 is 1.40 bits per heavy atom. The van der Waals surface area contributed by atoms with E-state index in [1.54, 1.807) is 0 Å². The van der Waals surface area contributed by atoms with Gasteiger partial charge in [-0.05, 0) is 17.4 Å². The summed E-state index contributed by atoms with van der Waals surface area (Å²) in [7, 11) is 0. The Kier molecular flexibility index (Phi) is 3.52. The third-order valence-electron chi connectivity index (χ3n) is 3.68. The molecule has 1 aliphatic heterocycles. The molecule has 1 amide bonds. The second-order valence-corrected chi connectivity index (χ2v) is 4.93. The van der Waals surface area contributed by atoms with Gasteiger partial charge in [0.25, 0.3) is 0 Å². The van der Waals surface area contributed by atoms with E-state index < -0.39 is 6.09 Å². The van der Waals surface area contributed by atoms with Crippen LogP contribution in [0.1, 0.15) is 5.56 Å². The first-order valence-electron chi connectivity index (χ1n) is 6.64. The van der Waals surface area contributed by atoms with Gasteiger partial charge >= 0.3 is 6.09 Å². The van der Waals surface area contributed by atoms with Crippen molar-refractivity contribution in [2.45, 2.75) is 12.5 Å². The highest BCUT2D eigenvalue weighted by atomic mass is 16.5. The zero-order valence-corrected chi connectivity index (χ0v) is 11.0. The minimum Gasteiger partial charge on any atom is -0.465 e. The number of benzene rings is 1. The Morgan fingerprint density at radius 3 is 3.10 bits per heavy atom. The van der Waals surface area contributed by atoms with E-state index in [9.17, 15) is 9.90 Å². The molecule has 1 fully saturated rings. The van der Waals surface area contributed by atoms with Gasteiger partial charge in [-0.3, -0.25) is 4.98 Å². The number of fused-ring (bicyclic) bond motifs is 1. The number of hydrogen-bond donors (Lipinski definition) is 1. The van der Waals surface area contributed by atoms with Gasteiger partial charge in [-0.25, -0.2) is 4.79 Å². The predicted molar refractivity (Wildman–Crippen MR) is 74.8 cm³/mol. The summed E-state index contributed by atoms with van der Waals surface area (Å²) >= 11 is 0. The van der Waals surface area contributed by atoms with Crippen molar-refractivity contribution in [3.8, 4) is 0 Å². The molecule has 2 aromatic rings. The molecule has 0 saturated carbocycles. The molecule has 104 valence electrons. The van der Waals surface area contributed by atoms with E-state index in [1.165, 1.54) is 4.90 Å². The molecule has 0 bridgehead atoms. The van der Waals surface area contributed by atoms with Crippen molar-refractivity contribution in [3.05, 3.63) is 42.2 Å². The fourth-order valence-corrected chi connectivity index (χ4v) is 2.67. The number of aromatic nitrogens is 1. The number of rotatable bonds is 2. The summed E-state index contributed by atoms with van der Waals surface area (Å²) in [6.45, 7) is 1.34. The minimum absolute atomic E-state index is 0.145. The van der Waals surface area contributed by atoms with E-state index in [2.05, 4.69) is 4.98 Å². The molecule has 1 saturated heterocycles. The van der Waals surface area contributed by atoms with Crippen molar-refractivity contribution in [2.24, 2.45) is 0 Å². The molecule has 1 aromatic carbocycles. The maximum absolute atomic E-state index is 11.3. The molecule has 3 rings (SSSR count). The van der Waals surface area contributed by atoms with Crippen molar-refractivity contribution in [1.29, 1.82) is 0 Å². The van der Waals surface area contributed by atoms with Gasteiger partial charge in [0.15, 0.2) is 0 Å². The summed E-state index contributed by atoms with van der Waals surface area (Å²) < 4.78 is 5.42. The van der Waals surface area contributed by atoms with Crippen molar-refractivity contribution in [1.82, 2.24) is 9.88 Å². The van der Waals surface area contributed by atoms with Crippen LogP contribution in [-0.4, -0.2) is 46.9 Å².